The van der Waals surface area contributed by atoms with Gasteiger partial charge in [0.1, 0.15) is 11.5 Å². The summed E-state index contributed by atoms with van der Waals surface area (Å²) in [6.07, 6.45) is 2.14. The number of methoxy groups -OCH3 is 1. The summed E-state index contributed by atoms with van der Waals surface area (Å²) in [4.78, 5) is 0. The quantitative estimate of drug-likeness (QED) is 0.717. The van der Waals surface area contributed by atoms with E-state index in [0.717, 1.165) is 11.3 Å². The number of ether oxygens (including phenoxy) is 1. The Morgan fingerprint density at radius 2 is 1.96 bits per heavy atom. The largest absolute Gasteiger partial charge is 0.497 e. The maximum absolute atomic E-state index is 12.1. The zero-order valence-electron chi connectivity index (χ0n) is 13.9. The Kier molecular flexibility index (Phi) is 6.04. The van der Waals surface area contributed by atoms with Crippen LogP contribution >= 0.6 is 0 Å². The van der Waals surface area contributed by atoms with E-state index in [1.165, 1.54) is 6.26 Å². The predicted octanol–water partition coefficient (Wildman–Crippen LogP) is 1.74. The predicted molar refractivity (Wildman–Crippen MR) is 91.5 cm³/mol. The number of hydrogen-bond donors (Lipinski definition) is 2. The second-order valence-electron chi connectivity index (χ2n) is 5.99. The van der Waals surface area contributed by atoms with Gasteiger partial charge in [-0.15, -0.1) is 0 Å². The summed E-state index contributed by atoms with van der Waals surface area (Å²) >= 11 is 0. The lowest BCUT2D eigenvalue weighted by atomic mass is 10.0. The molecule has 24 heavy (non-hydrogen) atoms. The zero-order chi connectivity index (χ0) is 17.6. The first kappa shape index (κ1) is 18.5. The molecule has 0 aliphatic heterocycles. The first-order valence-electron chi connectivity index (χ1n) is 7.65. The van der Waals surface area contributed by atoms with E-state index >= 15 is 0 Å². The molecule has 0 amide bonds. The highest BCUT2D eigenvalue weighted by molar-refractivity contribution is 7.89. The Morgan fingerprint density at radius 1 is 1.25 bits per heavy atom. The van der Waals surface area contributed by atoms with Gasteiger partial charge in [-0.2, -0.15) is 0 Å². The zero-order valence-corrected chi connectivity index (χ0v) is 14.7. The van der Waals surface area contributed by atoms with Crippen LogP contribution in [0.4, 0.5) is 0 Å². The number of nitrogens with one attached hydrogen (secondary N) is 1. The van der Waals surface area contributed by atoms with Crippen molar-refractivity contribution in [2.24, 2.45) is 0 Å². The minimum Gasteiger partial charge on any atom is -0.497 e. The molecule has 2 N–H and O–H groups in total. The number of aliphatic hydroxyl groups is 1. The summed E-state index contributed by atoms with van der Waals surface area (Å²) in [5, 5.41) is 10.3. The summed E-state index contributed by atoms with van der Waals surface area (Å²) < 4.78 is 36.9. The monoisotopic (exact) mass is 353 g/mol. The van der Waals surface area contributed by atoms with Crippen LogP contribution in [0.3, 0.4) is 0 Å². The molecule has 1 aromatic heterocycles. The summed E-state index contributed by atoms with van der Waals surface area (Å²) in [6.45, 7) is 1.50. The number of rotatable bonds is 9. The van der Waals surface area contributed by atoms with E-state index in [1.54, 1.807) is 38.3 Å². The second-order valence-corrected chi connectivity index (χ2v) is 7.92. The van der Waals surface area contributed by atoms with Gasteiger partial charge in [-0.1, -0.05) is 12.1 Å². The third kappa shape index (κ3) is 5.99. The average Bonchev–Trinajstić information content (AvgIpc) is 3.04. The van der Waals surface area contributed by atoms with Crippen LogP contribution in [0.2, 0.25) is 0 Å². The number of benzene rings is 1. The van der Waals surface area contributed by atoms with E-state index in [-0.39, 0.29) is 18.7 Å². The van der Waals surface area contributed by atoms with Crippen molar-refractivity contribution in [2.75, 3.05) is 19.4 Å². The molecule has 1 heterocycles. The molecule has 6 nitrogen and oxygen atoms in total. The fourth-order valence-electron chi connectivity index (χ4n) is 2.23. The van der Waals surface area contributed by atoms with Crippen molar-refractivity contribution in [1.29, 1.82) is 0 Å². The van der Waals surface area contributed by atoms with Crippen molar-refractivity contribution in [2.45, 2.75) is 25.4 Å². The molecular formula is C17H23NO5S. The van der Waals surface area contributed by atoms with Crippen molar-refractivity contribution in [3.8, 4) is 5.75 Å². The van der Waals surface area contributed by atoms with E-state index in [9.17, 15) is 13.5 Å². The summed E-state index contributed by atoms with van der Waals surface area (Å²) in [7, 11) is -1.90. The molecule has 1 aromatic carbocycles. The van der Waals surface area contributed by atoms with Crippen molar-refractivity contribution in [1.82, 2.24) is 4.72 Å². The van der Waals surface area contributed by atoms with Gasteiger partial charge in [0.15, 0.2) is 0 Å². The van der Waals surface area contributed by atoms with Gasteiger partial charge in [0.05, 0.1) is 24.7 Å². The third-order valence-electron chi connectivity index (χ3n) is 3.63. The molecule has 1 atom stereocenters. The molecule has 0 aliphatic rings. The average molecular weight is 353 g/mol. The van der Waals surface area contributed by atoms with Gasteiger partial charge in [-0.3, -0.25) is 0 Å². The molecule has 1 unspecified atom stereocenters. The Hall–Kier alpha value is -1.83. The van der Waals surface area contributed by atoms with Crippen molar-refractivity contribution in [3.05, 3.63) is 54.0 Å². The van der Waals surface area contributed by atoms with Gasteiger partial charge in [0.25, 0.3) is 0 Å². The van der Waals surface area contributed by atoms with Crippen molar-refractivity contribution >= 4 is 10.0 Å². The van der Waals surface area contributed by atoms with E-state index in [4.69, 9.17) is 9.15 Å². The minimum absolute atomic E-state index is 0.0455. The Labute approximate surface area is 142 Å². The molecule has 0 saturated carbocycles. The van der Waals surface area contributed by atoms with Gasteiger partial charge in [-0.25, -0.2) is 13.1 Å². The molecule has 7 heteroatoms. The van der Waals surface area contributed by atoms with Crippen LogP contribution in [0.1, 0.15) is 18.2 Å². The number of hydrogen-bond acceptors (Lipinski definition) is 5. The van der Waals surface area contributed by atoms with Crippen LogP contribution in [0, 0.1) is 0 Å². The molecule has 132 valence electrons. The molecule has 0 aliphatic carbocycles. The number of furan rings is 1. The number of sulfonamides is 1. The molecule has 0 saturated heterocycles. The molecule has 0 fully saturated rings. The molecule has 0 bridgehead atoms. The third-order valence-corrected chi connectivity index (χ3v) is 4.95. The van der Waals surface area contributed by atoms with Crippen LogP contribution in [0.5, 0.6) is 5.75 Å². The first-order valence-corrected chi connectivity index (χ1v) is 9.30. The minimum atomic E-state index is -3.48. The van der Waals surface area contributed by atoms with Crippen LogP contribution in [-0.4, -0.2) is 38.5 Å². The SMILES string of the molecule is COc1ccc(CCS(=O)(=O)NCC(C)(O)Cc2ccco2)cc1. The smallest absolute Gasteiger partial charge is 0.212 e. The Morgan fingerprint density at radius 3 is 2.54 bits per heavy atom. The maximum atomic E-state index is 12.1. The van der Waals surface area contributed by atoms with Crippen LogP contribution < -0.4 is 9.46 Å². The van der Waals surface area contributed by atoms with Crippen LogP contribution in [-0.2, 0) is 22.9 Å². The topological polar surface area (TPSA) is 88.8 Å². The van der Waals surface area contributed by atoms with Gasteiger partial charge in [0, 0.05) is 13.0 Å². The lowest BCUT2D eigenvalue weighted by Gasteiger charge is -2.22. The molecule has 0 spiro atoms. The van der Waals surface area contributed by atoms with E-state index < -0.39 is 15.6 Å². The standard InChI is InChI=1S/C17H23NO5S/c1-17(19,12-16-4-3-10-23-16)13-18-24(20,21)11-9-14-5-7-15(22-2)8-6-14/h3-8,10,18-19H,9,11-13H2,1-2H3. The van der Waals surface area contributed by atoms with Gasteiger partial charge >= 0.3 is 0 Å². The highest BCUT2D eigenvalue weighted by Crippen LogP contribution is 2.14. The fourth-order valence-corrected chi connectivity index (χ4v) is 3.41. The molecule has 2 aromatic rings. The van der Waals surface area contributed by atoms with Crippen LogP contribution in [0.15, 0.2) is 47.1 Å². The highest BCUT2D eigenvalue weighted by atomic mass is 32.2. The van der Waals surface area contributed by atoms with Gasteiger partial charge in [0.2, 0.25) is 10.0 Å². The molecule has 0 radical (unpaired) electrons. The fraction of sp³-hybridized carbons (Fsp3) is 0.412. The first-order chi connectivity index (χ1) is 11.3. The highest BCUT2D eigenvalue weighted by Gasteiger charge is 2.25. The second kappa shape index (κ2) is 7.83. The van der Waals surface area contributed by atoms with Gasteiger partial charge < -0.3 is 14.3 Å². The lowest BCUT2D eigenvalue weighted by molar-refractivity contribution is 0.0603. The van der Waals surface area contributed by atoms with Crippen molar-refractivity contribution < 1.29 is 22.7 Å². The summed E-state index contributed by atoms with van der Waals surface area (Å²) in [6, 6.07) is 10.7. The molecule has 2 rings (SSSR count). The molecular weight excluding hydrogens is 330 g/mol. The summed E-state index contributed by atoms with van der Waals surface area (Å²) in [5.41, 5.74) is -0.311. The van der Waals surface area contributed by atoms with E-state index in [2.05, 4.69) is 4.72 Å². The van der Waals surface area contributed by atoms with Crippen molar-refractivity contribution in [3.63, 3.8) is 0 Å². The summed E-state index contributed by atoms with van der Waals surface area (Å²) in [5.74, 6) is 1.29. The number of aryl methyl sites for hydroxylation is 1. The Balaban J connectivity index is 1.83. The lowest BCUT2D eigenvalue weighted by Crippen LogP contribution is -2.43. The van der Waals surface area contributed by atoms with E-state index in [0.29, 0.717) is 12.2 Å². The maximum Gasteiger partial charge on any atom is 0.212 e. The Bertz CT molecular complexity index is 721. The van der Waals surface area contributed by atoms with Gasteiger partial charge in [-0.05, 0) is 43.2 Å². The normalized spacial score (nSPS) is 14.3. The van der Waals surface area contributed by atoms with E-state index in [1.807, 2.05) is 12.1 Å². The van der Waals surface area contributed by atoms with Crippen LogP contribution in [0.25, 0.3) is 0 Å².